The van der Waals surface area contributed by atoms with Crippen LogP contribution in [-0.2, 0) is 4.79 Å². The van der Waals surface area contributed by atoms with Crippen molar-refractivity contribution < 1.29 is 4.79 Å². The van der Waals surface area contributed by atoms with Crippen LogP contribution in [0.25, 0.3) is 0 Å². The van der Waals surface area contributed by atoms with Crippen molar-refractivity contribution in [2.75, 3.05) is 23.8 Å². The average molecular weight is 190 g/mol. The third-order valence-electron chi connectivity index (χ3n) is 2.87. The molecule has 0 fully saturated rings. The van der Waals surface area contributed by atoms with E-state index in [-0.39, 0.29) is 5.91 Å². The normalized spacial score (nSPS) is 15.1. The predicted octanol–water partition coefficient (Wildman–Crippen LogP) is 1.69. The molecule has 1 aliphatic heterocycles. The Morgan fingerprint density at radius 2 is 2.07 bits per heavy atom. The van der Waals surface area contributed by atoms with Gasteiger partial charge in [0, 0.05) is 7.05 Å². The highest BCUT2D eigenvalue weighted by Gasteiger charge is 2.21. The Kier molecular flexibility index (Phi) is 1.95. The number of amides is 1. The summed E-state index contributed by atoms with van der Waals surface area (Å²) in [5, 5.41) is 3.16. The van der Waals surface area contributed by atoms with Crippen molar-refractivity contribution in [1.29, 1.82) is 0 Å². The molecule has 1 heterocycles. The van der Waals surface area contributed by atoms with Crippen LogP contribution in [-0.4, -0.2) is 19.5 Å². The molecule has 2 rings (SSSR count). The second-order valence-electron chi connectivity index (χ2n) is 3.71. The van der Waals surface area contributed by atoms with Gasteiger partial charge in [-0.05, 0) is 31.0 Å². The summed E-state index contributed by atoms with van der Waals surface area (Å²) in [7, 11) is 1.82. The summed E-state index contributed by atoms with van der Waals surface area (Å²) in [4.78, 5) is 13.1. The molecule has 0 atom stereocenters. The fraction of sp³-hybridized carbons (Fsp3) is 0.364. The fourth-order valence-electron chi connectivity index (χ4n) is 1.72. The Balaban J connectivity index is 2.59. The SMILES string of the molecule is Cc1ccc2c(c1C)NCC(=O)N2C. The molecule has 14 heavy (non-hydrogen) atoms. The molecule has 1 aromatic rings. The molecule has 3 nitrogen and oxygen atoms in total. The standard InChI is InChI=1S/C11H14N2O/c1-7-4-5-9-11(8(7)2)12-6-10(14)13(9)3/h4-5,12H,6H2,1-3H3. The third-order valence-corrected chi connectivity index (χ3v) is 2.87. The minimum absolute atomic E-state index is 0.112. The number of anilines is 2. The number of rotatable bonds is 0. The highest BCUT2D eigenvalue weighted by molar-refractivity contribution is 6.02. The number of benzene rings is 1. The van der Waals surface area contributed by atoms with Gasteiger partial charge >= 0.3 is 0 Å². The monoisotopic (exact) mass is 190 g/mol. The summed E-state index contributed by atoms with van der Waals surface area (Å²) in [6.07, 6.45) is 0. The van der Waals surface area contributed by atoms with E-state index >= 15 is 0 Å². The molecule has 1 aromatic carbocycles. The van der Waals surface area contributed by atoms with E-state index in [9.17, 15) is 4.79 Å². The average Bonchev–Trinajstić information content (AvgIpc) is 2.17. The van der Waals surface area contributed by atoms with Crippen LogP contribution in [0.1, 0.15) is 11.1 Å². The van der Waals surface area contributed by atoms with E-state index in [4.69, 9.17) is 0 Å². The first-order valence-electron chi connectivity index (χ1n) is 4.72. The van der Waals surface area contributed by atoms with E-state index < -0.39 is 0 Å². The topological polar surface area (TPSA) is 32.3 Å². The van der Waals surface area contributed by atoms with Crippen LogP contribution in [0.5, 0.6) is 0 Å². The third kappa shape index (κ3) is 1.16. The Bertz CT molecular complexity index is 399. The van der Waals surface area contributed by atoms with E-state index in [0.29, 0.717) is 6.54 Å². The zero-order valence-electron chi connectivity index (χ0n) is 8.72. The molecule has 0 unspecified atom stereocenters. The molecule has 1 aliphatic rings. The van der Waals surface area contributed by atoms with Crippen LogP contribution in [0.4, 0.5) is 11.4 Å². The van der Waals surface area contributed by atoms with E-state index in [2.05, 4.69) is 19.2 Å². The molecule has 0 spiro atoms. The molecule has 0 aliphatic carbocycles. The van der Waals surface area contributed by atoms with Gasteiger partial charge in [-0.2, -0.15) is 0 Å². The number of carbonyl (C=O) groups excluding carboxylic acids is 1. The highest BCUT2D eigenvalue weighted by atomic mass is 16.2. The molecule has 0 aromatic heterocycles. The minimum atomic E-state index is 0.112. The first-order chi connectivity index (χ1) is 6.61. The second kappa shape index (κ2) is 3.01. The highest BCUT2D eigenvalue weighted by Crippen LogP contribution is 2.33. The summed E-state index contributed by atoms with van der Waals surface area (Å²) in [5.74, 6) is 0.112. The van der Waals surface area contributed by atoms with Crippen molar-refractivity contribution in [3.8, 4) is 0 Å². The van der Waals surface area contributed by atoms with E-state index in [1.807, 2.05) is 19.2 Å². The van der Waals surface area contributed by atoms with Gasteiger partial charge in [0.2, 0.25) is 5.91 Å². The Morgan fingerprint density at radius 3 is 2.79 bits per heavy atom. The van der Waals surface area contributed by atoms with Crippen molar-refractivity contribution in [2.24, 2.45) is 0 Å². The van der Waals surface area contributed by atoms with Gasteiger partial charge in [-0.3, -0.25) is 4.79 Å². The summed E-state index contributed by atoms with van der Waals surface area (Å²) in [6, 6.07) is 4.03. The van der Waals surface area contributed by atoms with Gasteiger partial charge in [-0.1, -0.05) is 6.07 Å². The summed E-state index contributed by atoms with van der Waals surface area (Å²) in [6.45, 7) is 4.55. The lowest BCUT2D eigenvalue weighted by Gasteiger charge is -2.28. The number of nitrogens with one attached hydrogen (secondary N) is 1. The maximum atomic E-state index is 11.4. The van der Waals surface area contributed by atoms with E-state index in [1.165, 1.54) is 11.1 Å². The molecule has 1 amide bonds. The minimum Gasteiger partial charge on any atom is -0.374 e. The maximum absolute atomic E-state index is 11.4. The second-order valence-corrected chi connectivity index (χ2v) is 3.71. The van der Waals surface area contributed by atoms with Gasteiger partial charge in [0.15, 0.2) is 0 Å². The predicted molar refractivity (Wildman–Crippen MR) is 57.8 cm³/mol. The van der Waals surface area contributed by atoms with E-state index in [1.54, 1.807) is 4.90 Å². The van der Waals surface area contributed by atoms with Gasteiger partial charge in [0.05, 0.1) is 17.9 Å². The molecular weight excluding hydrogens is 176 g/mol. The molecule has 0 bridgehead atoms. The molecule has 0 saturated heterocycles. The number of hydrogen-bond acceptors (Lipinski definition) is 2. The van der Waals surface area contributed by atoms with Crippen LogP contribution in [0.2, 0.25) is 0 Å². The van der Waals surface area contributed by atoms with Crippen molar-refractivity contribution in [3.05, 3.63) is 23.3 Å². The van der Waals surface area contributed by atoms with Crippen LogP contribution < -0.4 is 10.2 Å². The van der Waals surface area contributed by atoms with Gasteiger partial charge in [-0.15, -0.1) is 0 Å². The van der Waals surface area contributed by atoms with E-state index in [0.717, 1.165) is 11.4 Å². The van der Waals surface area contributed by atoms with Crippen molar-refractivity contribution in [2.45, 2.75) is 13.8 Å². The molecular formula is C11H14N2O. The molecule has 3 heteroatoms. The van der Waals surface area contributed by atoms with Gasteiger partial charge in [-0.25, -0.2) is 0 Å². The zero-order chi connectivity index (χ0) is 10.3. The summed E-state index contributed by atoms with van der Waals surface area (Å²) in [5.41, 5.74) is 4.54. The van der Waals surface area contributed by atoms with Crippen LogP contribution in [0.3, 0.4) is 0 Å². The Hall–Kier alpha value is -1.51. The number of fused-ring (bicyclic) bond motifs is 1. The zero-order valence-corrected chi connectivity index (χ0v) is 8.72. The first-order valence-corrected chi connectivity index (χ1v) is 4.72. The summed E-state index contributed by atoms with van der Waals surface area (Å²) >= 11 is 0. The van der Waals surface area contributed by atoms with Crippen molar-refractivity contribution in [1.82, 2.24) is 0 Å². The fourth-order valence-corrected chi connectivity index (χ4v) is 1.72. The van der Waals surface area contributed by atoms with Crippen molar-refractivity contribution in [3.63, 3.8) is 0 Å². The molecule has 1 N–H and O–H groups in total. The molecule has 0 radical (unpaired) electrons. The number of hydrogen-bond donors (Lipinski definition) is 1. The summed E-state index contributed by atoms with van der Waals surface area (Å²) < 4.78 is 0. The van der Waals surface area contributed by atoms with Crippen molar-refractivity contribution >= 4 is 17.3 Å². The van der Waals surface area contributed by atoms with Crippen LogP contribution >= 0.6 is 0 Å². The first kappa shape index (κ1) is 9.06. The maximum Gasteiger partial charge on any atom is 0.246 e. The lowest BCUT2D eigenvalue weighted by atomic mass is 10.0. The van der Waals surface area contributed by atoms with Crippen LogP contribution in [0.15, 0.2) is 12.1 Å². The largest absolute Gasteiger partial charge is 0.374 e. The number of carbonyl (C=O) groups is 1. The number of nitrogens with zero attached hydrogens (tertiary/aromatic N) is 1. The number of likely N-dealkylation sites (N-methyl/N-ethyl adjacent to an activating group) is 1. The Labute approximate surface area is 83.7 Å². The molecule has 0 saturated carbocycles. The quantitative estimate of drug-likeness (QED) is 0.675. The molecule has 74 valence electrons. The van der Waals surface area contributed by atoms with Crippen LogP contribution in [0, 0.1) is 13.8 Å². The Morgan fingerprint density at radius 1 is 1.36 bits per heavy atom. The smallest absolute Gasteiger partial charge is 0.246 e. The van der Waals surface area contributed by atoms with Gasteiger partial charge in [0.1, 0.15) is 0 Å². The van der Waals surface area contributed by atoms with Gasteiger partial charge in [0.25, 0.3) is 0 Å². The number of aryl methyl sites for hydroxylation is 1. The lowest BCUT2D eigenvalue weighted by molar-refractivity contribution is -0.116. The van der Waals surface area contributed by atoms with Gasteiger partial charge < -0.3 is 10.2 Å². The lowest BCUT2D eigenvalue weighted by Crippen LogP contribution is -2.37.